The largest absolute Gasteiger partial charge is 0.508 e. The minimum atomic E-state index is 0.102. The topological polar surface area (TPSA) is 52.6 Å². The Morgan fingerprint density at radius 1 is 1.33 bits per heavy atom. The van der Waals surface area contributed by atoms with E-state index in [1.165, 1.54) is 0 Å². The van der Waals surface area contributed by atoms with Crippen LogP contribution in [0.2, 0.25) is 0 Å². The van der Waals surface area contributed by atoms with Crippen LogP contribution in [0.25, 0.3) is 0 Å². The summed E-state index contributed by atoms with van der Waals surface area (Å²) in [5.41, 5.74) is 0.767. The number of nitrogens with one attached hydrogen (secondary N) is 1. The Labute approximate surface area is 88.5 Å². The van der Waals surface area contributed by atoms with E-state index >= 15 is 0 Å². The van der Waals surface area contributed by atoms with Crippen molar-refractivity contribution in [1.82, 2.24) is 5.32 Å². The Balaban J connectivity index is 2.24. The average molecular weight is 206 g/mol. The Kier molecular flexibility index (Phi) is 2.87. The fourth-order valence-electron chi connectivity index (χ4n) is 1.70. The first-order valence-electron chi connectivity index (χ1n) is 5.07. The molecule has 2 rings (SSSR count). The van der Waals surface area contributed by atoms with E-state index in [1.54, 1.807) is 23.1 Å². The highest BCUT2D eigenvalue weighted by Gasteiger charge is 2.17. The predicted octanol–water partition coefficient (Wildman–Crippen LogP) is 0.718. The van der Waals surface area contributed by atoms with Gasteiger partial charge in [-0.15, -0.1) is 0 Å². The maximum atomic E-state index is 11.7. The number of aromatic hydroxyl groups is 1. The van der Waals surface area contributed by atoms with E-state index in [0.717, 1.165) is 18.8 Å². The zero-order valence-electron chi connectivity index (χ0n) is 8.44. The van der Waals surface area contributed by atoms with Gasteiger partial charge in [-0.25, -0.2) is 0 Å². The number of benzene rings is 1. The summed E-state index contributed by atoms with van der Waals surface area (Å²) in [6.07, 6.45) is 0.510. The molecule has 2 N–H and O–H groups in total. The van der Waals surface area contributed by atoms with E-state index in [4.69, 9.17) is 0 Å². The molecule has 15 heavy (non-hydrogen) atoms. The smallest absolute Gasteiger partial charge is 0.228 e. The number of phenols is 1. The highest BCUT2D eigenvalue weighted by Crippen LogP contribution is 2.20. The monoisotopic (exact) mass is 206 g/mol. The number of nitrogens with zero attached hydrogens (tertiary/aromatic N) is 1. The molecule has 1 aromatic carbocycles. The van der Waals surface area contributed by atoms with Gasteiger partial charge in [0.15, 0.2) is 0 Å². The Morgan fingerprint density at radius 3 is 3.00 bits per heavy atom. The molecule has 0 saturated carbocycles. The van der Waals surface area contributed by atoms with Gasteiger partial charge in [0.2, 0.25) is 5.91 Å². The van der Waals surface area contributed by atoms with Crippen molar-refractivity contribution in [1.29, 1.82) is 0 Å². The third kappa shape index (κ3) is 2.27. The molecule has 1 saturated heterocycles. The van der Waals surface area contributed by atoms with Crippen LogP contribution in [0, 0.1) is 0 Å². The normalized spacial score (nSPS) is 17.6. The SMILES string of the molecule is O=C1CCNCCN1c1cccc(O)c1. The van der Waals surface area contributed by atoms with Crippen LogP contribution in [0.1, 0.15) is 6.42 Å². The third-order valence-electron chi connectivity index (χ3n) is 2.47. The molecular weight excluding hydrogens is 192 g/mol. The molecule has 1 fully saturated rings. The second-order valence-corrected chi connectivity index (χ2v) is 3.57. The number of carbonyl (C=O) groups is 1. The molecule has 0 atom stereocenters. The van der Waals surface area contributed by atoms with Gasteiger partial charge in [-0.05, 0) is 12.1 Å². The second kappa shape index (κ2) is 4.31. The zero-order valence-corrected chi connectivity index (χ0v) is 8.44. The standard InChI is InChI=1S/C11H14N2O2/c14-10-3-1-2-9(8-10)13-7-6-12-5-4-11(13)15/h1-3,8,12,14H,4-7H2. The molecule has 1 amide bonds. The van der Waals surface area contributed by atoms with Gasteiger partial charge in [0.05, 0.1) is 0 Å². The van der Waals surface area contributed by atoms with Crippen LogP contribution in [0.4, 0.5) is 5.69 Å². The number of phenolic OH excluding ortho intramolecular Hbond substituents is 1. The summed E-state index contributed by atoms with van der Waals surface area (Å²) in [6, 6.07) is 6.80. The van der Waals surface area contributed by atoms with Crippen molar-refractivity contribution in [3.05, 3.63) is 24.3 Å². The van der Waals surface area contributed by atoms with Crippen LogP contribution in [0.15, 0.2) is 24.3 Å². The minimum Gasteiger partial charge on any atom is -0.508 e. The van der Waals surface area contributed by atoms with Gasteiger partial charge in [-0.1, -0.05) is 6.07 Å². The Hall–Kier alpha value is -1.55. The first-order valence-corrected chi connectivity index (χ1v) is 5.07. The predicted molar refractivity (Wildman–Crippen MR) is 57.9 cm³/mol. The Bertz CT molecular complexity index is 365. The molecule has 4 heteroatoms. The summed E-state index contributed by atoms with van der Waals surface area (Å²) in [6.45, 7) is 2.18. The molecule has 0 bridgehead atoms. The van der Waals surface area contributed by atoms with Crippen molar-refractivity contribution in [3.8, 4) is 5.75 Å². The first kappa shape index (κ1) is 9.98. The fraction of sp³-hybridized carbons (Fsp3) is 0.364. The summed E-state index contributed by atoms with van der Waals surface area (Å²) in [4.78, 5) is 13.4. The van der Waals surface area contributed by atoms with Crippen LogP contribution in [-0.4, -0.2) is 30.6 Å². The lowest BCUT2D eigenvalue weighted by Gasteiger charge is -2.20. The van der Waals surface area contributed by atoms with Gasteiger partial charge in [0.1, 0.15) is 5.75 Å². The van der Waals surface area contributed by atoms with Gasteiger partial charge in [-0.2, -0.15) is 0 Å². The molecule has 0 spiro atoms. The van der Waals surface area contributed by atoms with Gasteiger partial charge < -0.3 is 15.3 Å². The van der Waals surface area contributed by atoms with Gasteiger partial charge in [0.25, 0.3) is 0 Å². The summed E-state index contributed by atoms with van der Waals surface area (Å²) in [5.74, 6) is 0.295. The molecule has 1 aromatic rings. The zero-order chi connectivity index (χ0) is 10.7. The molecule has 0 unspecified atom stereocenters. The highest BCUT2D eigenvalue weighted by molar-refractivity contribution is 5.93. The number of anilines is 1. The maximum Gasteiger partial charge on any atom is 0.228 e. The van der Waals surface area contributed by atoms with E-state index in [1.807, 2.05) is 6.07 Å². The van der Waals surface area contributed by atoms with Crippen LogP contribution in [0.5, 0.6) is 5.75 Å². The molecule has 4 nitrogen and oxygen atoms in total. The summed E-state index contributed by atoms with van der Waals surface area (Å²) >= 11 is 0. The number of carbonyl (C=O) groups excluding carboxylic acids is 1. The second-order valence-electron chi connectivity index (χ2n) is 3.57. The number of hydrogen-bond acceptors (Lipinski definition) is 3. The highest BCUT2D eigenvalue weighted by atomic mass is 16.3. The molecule has 1 aliphatic heterocycles. The maximum absolute atomic E-state index is 11.7. The average Bonchev–Trinajstić information content (AvgIpc) is 2.43. The van der Waals surface area contributed by atoms with Gasteiger partial charge in [0, 0.05) is 37.8 Å². The van der Waals surface area contributed by atoms with Crippen LogP contribution < -0.4 is 10.2 Å². The van der Waals surface area contributed by atoms with Crippen molar-refractivity contribution in [2.75, 3.05) is 24.5 Å². The lowest BCUT2D eigenvalue weighted by atomic mass is 10.2. The van der Waals surface area contributed by atoms with Crippen molar-refractivity contribution < 1.29 is 9.90 Å². The minimum absolute atomic E-state index is 0.102. The van der Waals surface area contributed by atoms with E-state index in [0.29, 0.717) is 13.0 Å². The molecule has 1 heterocycles. The van der Waals surface area contributed by atoms with Crippen LogP contribution in [-0.2, 0) is 4.79 Å². The molecule has 0 aromatic heterocycles. The van der Waals surface area contributed by atoms with Crippen molar-refractivity contribution in [2.45, 2.75) is 6.42 Å². The van der Waals surface area contributed by atoms with Crippen LogP contribution in [0.3, 0.4) is 0 Å². The molecular formula is C11H14N2O2. The number of amides is 1. The molecule has 0 radical (unpaired) electrons. The summed E-state index contributed by atoms with van der Waals surface area (Å²) in [7, 11) is 0. The quantitative estimate of drug-likeness (QED) is 0.711. The van der Waals surface area contributed by atoms with E-state index < -0.39 is 0 Å². The van der Waals surface area contributed by atoms with E-state index in [9.17, 15) is 9.90 Å². The number of rotatable bonds is 1. The Morgan fingerprint density at radius 2 is 2.20 bits per heavy atom. The first-order chi connectivity index (χ1) is 7.27. The van der Waals surface area contributed by atoms with Gasteiger partial charge in [-0.3, -0.25) is 4.79 Å². The lowest BCUT2D eigenvalue weighted by Crippen LogP contribution is -2.32. The van der Waals surface area contributed by atoms with E-state index in [-0.39, 0.29) is 11.7 Å². The van der Waals surface area contributed by atoms with Gasteiger partial charge >= 0.3 is 0 Å². The summed E-state index contributed by atoms with van der Waals surface area (Å²) in [5, 5.41) is 12.5. The lowest BCUT2D eigenvalue weighted by molar-refractivity contribution is -0.118. The van der Waals surface area contributed by atoms with Crippen molar-refractivity contribution in [3.63, 3.8) is 0 Å². The summed E-state index contributed by atoms with van der Waals surface area (Å²) < 4.78 is 0. The van der Waals surface area contributed by atoms with Crippen molar-refractivity contribution >= 4 is 11.6 Å². The van der Waals surface area contributed by atoms with Crippen LogP contribution >= 0.6 is 0 Å². The molecule has 1 aliphatic rings. The molecule has 0 aliphatic carbocycles. The van der Waals surface area contributed by atoms with E-state index in [2.05, 4.69) is 5.32 Å². The van der Waals surface area contributed by atoms with Crippen molar-refractivity contribution in [2.24, 2.45) is 0 Å². The fourth-order valence-corrected chi connectivity index (χ4v) is 1.70. The number of hydrogen-bond donors (Lipinski definition) is 2. The molecule has 80 valence electrons. The third-order valence-corrected chi connectivity index (χ3v) is 2.47.